The highest BCUT2D eigenvalue weighted by atomic mass is 79.9. The van der Waals surface area contributed by atoms with E-state index in [9.17, 15) is 14.3 Å². The van der Waals surface area contributed by atoms with E-state index in [4.69, 9.17) is 0 Å². The van der Waals surface area contributed by atoms with Crippen molar-refractivity contribution in [1.82, 2.24) is 4.90 Å². The molecular formula is C20H22BrFN2O2. The van der Waals surface area contributed by atoms with Gasteiger partial charge >= 0.3 is 0 Å². The van der Waals surface area contributed by atoms with Crippen molar-refractivity contribution in [3.8, 4) is 0 Å². The summed E-state index contributed by atoms with van der Waals surface area (Å²) in [7, 11) is 0. The van der Waals surface area contributed by atoms with Crippen LogP contribution in [0.15, 0.2) is 46.9 Å². The molecule has 0 saturated heterocycles. The minimum absolute atomic E-state index is 0.0188. The number of likely N-dealkylation sites (N-methyl/N-ethyl adjacent to an activating group) is 1. The first-order chi connectivity index (χ1) is 12.4. The molecule has 1 N–H and O–H groups in total. The zero-order valence-electron chi connectivity index (χ0n) is 14.9. The van der Waals surface area contributed by atoms with Crippen LogP contribution in [0, 0.1) is 5.82 Å². The SMILES string of the molecule is CCN(CC)CCN1C(=O)C(O)(c2ccccc2F)c2cccc(Br)c21. The van der Waals surface area contributed by atoms with Crippen molar-refractivity contribution in [1.29, 1.82) is 0 Å². The Morgan fingerprint density at radius 2 is 1.77 bits per heavy atom. The predicted octanol–water partition coefficient (Wildman–Crippen LogP) is 3.51. The van der Waals surface area contributed by atoms with Gasteiger partial charge in [-0.2, -0.15) is 0 Å². The Kier molecular flexibility index (Phi) is 5.46. The van der Waals surface area contributed by atoms with Crippen molar-refractivity contribution < 1.29 is 14.3 Å². The van der Waals surface area contributed by atoms with Gasteiger partial charge in [0.05, 0.1) is 5.69 Å². The Balaban J connectivity index is 2.09. The van der Waals surface area contributed by atoms with Gasteiger partial charge in [-0.1, -0.05) is 44.2 Å². The van der Waals surface area contributed by atoms with Crippen molar-refractivity contribution in [3.63, 3.8) is 0 Å². The molecule has 0 fully saturated rings. The highest BCUT2D eigenvalue weighted by molar-refractivity contribution is 9.10. The maximum absolute atomic E-state index is 14.5. The molecule has 1 aliphatic rings. The fourth-order valence-electron chi connectivity index (χ4n) is 3.50. The molecule has 26 heavy (non-hydrogen) atoms. The normalized spacial score (nSPS) is 19.3. The summed E-state index contributed by atoms with van der Waals surface area (Å²) >= 11 is 3.49. The second-order valence-corrected chi connectivity index (χ2v) is 7.16. The molecule has 1 aliphatic heterocycles. The van der Waals surface area contributed by atoms with Crippen LogP contribution in [0.25, 0.3) is 0 Å². The monoisotopic (exact) mass is 420 g/mol. The van der Waals surface area contributed by atoms with Crippen LogP contribution >= 0.6 is 15.9 Å². The van der Waals surface area contributed by atoms with E-state index in [1.165, 1.54) is 12.1 Å². The van der Waals surface area contributed by atoms with Crippen LogP contribution in [-0.2, 0) is 10.4 Å². The van der Waals surface area contributed by atoms with Gasteiger partial charge < -0.3 is 14.9 Å². The summed E-state index contributed by atoms with van der Waals surface area (Å²) in [6.45, 7) is 6.97. The van der Waals surface area contributed by atoms with Crippen LogP contribution in [0.1, 0.15) is 25.0 Å². The van der Waals surface area contributed by atoms with Crippen molar-refractivity contribution >= 4 is 27.5 Å². The summed E-state index contributed by atoms with van der Waals surface area (Å²) in [6, 6.07) is 11.1. The maximum atomic E-state index is 14.5. The summed E-state index contributed by atoms with van der Waals surface area (Å²) in [5, 5.41) is 11.4. The minimum Gasteiger partial charge on any atom is -0.372 e. The standard InChI is InChI=1S/C20H22BrFN2O2/c1-3-23(4-2)12-13-24-18-15(9-7-10-16(18)21)20(26,19(24)25)14-8-5-6-11-17(14)22/h5-11,26H,3-4,12-13H2,1-2H3. The third-order valence-corrected chi connectivity index (χ3v) is 5.64. The Labute approximate surface area is 161 Å². The molecule has 0 aliphatic carbocycles. The molecular weight excluding hydrogens is 399 g/mol. The van der Waals surface area contributed by atoms with Gasteiger partial charge in [-0.3, -0.25) is 4.79 Å². The van der Waals surface area contributed by atoms with Crippen LogP contribution < -0.4 is 4.90 Å². The number of amides is 1. The molecule has 1 amide bonds. The number of hydrogen-bond donors (Lipinski definition) is 1. The molecule has 0 radical (unpaired) electrons. The number of rotatable bonds is 6. The van der Waals surface area contributed by atoms with E-state index in [-0.39, 0.29) is 5.56 Å². The van der Waals surface area contributed by atoms with E-state index < -0.39 is 17.3 Å². The Bertz CT molecular complexity index is 825. The maximum Gasteiger partial charge on any atom is 0.268 e. The zero-order chi connectivity index (χ0) is 18.9. The van der Waals surface area contributed by atoms with Crippen LogP contribution in [0.3, 0.4) is 0 Å². The predicted molar refractivity (Wildman–Crippen MR) is 104 cm³/mol. The number of aliphatic hydroxyl groups is 1. The van der Waals surface area contributed by atoms with Gasteiger partial charge in [-0.05, 0) is 41.2 Å². The van der Waals surface area contributed by atoms with Crippen molar-refractivity contribution in [2.45, 2.75) is 19.4 Å². The lowest BCUT2D eigenvalue weighted by Gasteiger charge is -2.26. The first-order valence-electron chi connectivity index (χ1n) is 8.75. The van der Waals surface area contributed by atoms with Crippen molar-refractivity contribution in [2.75, 3.05) is 31.1 Å². The Hall–Kier alpha value is -1.76. The van der Waals surface area contributed by atoms with E-state index in [1.54, 1.807) is 29.2 Å². The number of carbonyl (C=O) groups is 1. The smallest absolute Gasteiger partial charge is 0.268 e. The first-order valence-corrected chi connectivity index (χ1v) is 9.55. The molecule has 4 nitrogen and oxygen atoms in total. The number of benzene rings is 2. The average Bonchev–Trinajstić information content (AvgIpc) is 2.86. The summed E-state index contributed by atoms with van der Waals surface area (Å²) in [5.74, 6) is -1.11. The molecule has 138 valence electrons. The second kappa shape index (κ2) is 7.47. The number of fused-ring (bicyclic) bond motifs is 1. The molecule has 1 heterocycles. The third-order valence-electron chi connectivity index (χ3n) is 5.00. The van der Waals surface area contributed by atoms with Gasteiger partial charge in [0.2, 0.25) is 0 Å². The van der Waals surface area contributed by atoms with Crippen LogP contribution in [-0.4, -0.2) is 42.1 Å². The Morgan fingerprint density at radius 1 is 1.12 bits per heavy atom. The molecule has 3 rings (SSSR count). The average molecular weight is 421 g/mol. The van der Waals surface area contributed by atoms with E-state index in [0.717, 1.165) is 13.1 Å². The number of nitrogens with zero attached hydrogens (tertiary/aromatic N) is 2. The van der Waals surface area contributed by atoms with Gasteiger partial charge in [0.25, 0.3) is 5.91 Å². The molecule has 0 spiro atoms. The summed E-state index contributed by atoms with van der Waals surface area (Å²) < 4.78 is 15.2. The second-order valence-electron chi connectivity index (χ2n) is 6.31. The number of anilines is 1. The highest BCUT2D eigenvalue weighted by Gasteiger charge is 2.52. The van der Waals surface area contributed by atoms with Gasteiger partial charge in [-0.15, -0.1) is 0 Å². The van der Waals surface area contributed by atoms with E-state index >= 15 is 0 Å². The molecule has 2 aromatic carbocycles. The number of para-hydroxylation sites is 1. The van der Waals surface area contributed by atoms with Crippen LogP contribution in [0.2, 0.25) is 0 Å². The lowest BCUT2D eigenvalue weighted by molar-refractivity contribution is -0.132. The molecule has 0 saturated carbocycles. The minimum atomic E-state index is -2.02. The zero-order valence-corrected chi connectivity index (χ0v) is 16.5. The quantitative estimate of drug-likeness (QED) is 0.777. The fraction of sp³-hybridized carbons (Fsp3) is 0.350. The van der Waals surface area contributed by atoms with Crippen molar-refractivity contribution in [3.05, 3.63) is 63.9 Å². The summed E-state index contributed by atoms with van der Waals surface area (Å²) in [4.78, 5) is 17.0. The van der Waals surface area contributed by atoms with Crippen LogP contribution in [0.5, 0.6) is 0 Å². The molecule has 2 aromatic rings. The number of hydrogen-bond acceptors (Lipinski definition) is 3. The van der Waals surface area contributed by atoms with E-state index in [0.29, 0.717) is 28.8 Å². The first kappa shape index (κ1) is 19.0. The Morgan fingerprint density at radius 3 is 2.42 bits per heavy atom. The van der Waals surface area contributed by atoms with Gasteiger partial charge in [-0.25, -0.2) is 4.39 Å². The number of halogens is 2. The summed E-state index contributed by atoms with van der Waals surface area (Å²) in [5.41, 5.74) is -1.03. The highest BCUT2D eigenvalue weighted by Crippen LogP contribution is 2.48. The summed E-state index contributed by atoms with van der Waals surface area (Å²) in [6.07, 6.45) is 0. The fourth-order valence-corrected chi connectivity index (χ4v) is 4.08. The van der Waals surface area contributed by atoms with Gasteiger partial charge in [0.15, 0.2) is 5.60 Å². The van der Waals surface area contributed by atoms with E-state index in [1.807, 2.05) is 6.07 Å². The lowest BCUT2D eigenvalue weighted by Crippen LogP contribution is -2.44. The molecule has 6 heteroatoms. The number of carbonyl (C=O) groups excluding carboxylic acids is 1. The van der Waals surface area contributed by atoms with Crippen molar-refractivity contribution in [2.24, 2.45) is 0 Å². The molecule has 1 unspecified atom stereocenters. The lowest BCUT2D eigenvalue weighted by atomic mass is 9.87. The molecule has 0 aromatic heterocycles. The van der Waals surface area contributed by atoms with Crippen LogP contribution in [0.4, 0.5) is 10.1 Å². The topological polar surface area (TPSA) is 43.8 Å². The largest absolute Gasteiger partial charge is 0.372 e. The van der Waals surface area contributed by atoms with E-state index in [2.05, 4.69) is 34.7 Å². The van der Waals surface area contributed by atoms with Gasteiger partial charge in [0.1, 0.15) is 5.82 Å². The molecule has 0 bridgehead atoms. The molecule has 1 atom stereocenters. The van der Waals surface area contributed by atoms with Gasteiger partial charge in [0, 0.05) is 28.7 Å². The third kappa shape index (κ3) is 2.96.